The Morgan fingerprint density at radius 2 is 2.00 bits per heavy atom. The van der Waals surface area contributed by atoms with Crippen LogP contribution in [0.4, 0.5) is 0 Å². The van der Waals surface area contributed by atoms with Gasteiger partial charge in [-0.25, -0.2) is 4.98 Å². The number of rotatable bonds is 6. The summed E-state index contributed by atoms with van der Waals surface area (Å²) in [6.07, 6.45) is 4.70. The minimum atomic E-state index is 0.105. The van der Waals surface area contributed by atoms with Crippen molar-refractivity contribution in [2.24, 2.45) is 5.73 Å². The minimum absolute atomic E-state index is 0.105. The Bertz CT molecular complexity index is 504. The van der Waals surface area contributed by atoms with E-state index in [1.165, 1.54) is 0 Å². The van der Waals surface area contributed by atoms with Gasteiger partial charge in [0.05, 0.1) is 0 Å². The lowest BCUT2D eigenvalue weighted by atomic mass is 10.1. The standard InChI is InChI=1S/C15H21N3O/c1-3-14(16)12-5-7-13(8-6-12)19-11-15-17-9-10-18(15)4-2/h5-10,14H,3-4,11,16H2,1-2H3/t14-/m1/s1. The molecule has 0 saturated carbocycles. The average Bonchev–Trinajstić information content (AvgIpc) is 2.92. The molecule has 0 saturated heterocycles. The highest BCUT2D eigenvalue weighted by Gasteiger charge is 2.05. The molecule has 0 aliphatic heterocycles. The van der Waals surface area contributed by atoms with Crippen molar-refractivity contribution >= 4 is 0 Å². The topological polar surface area (TPSA) is 53.1 Å². The van der Waals surface area contributed by atoms with Crippen LogP contribution in [0.15, 0.2) is 36.7 Å². The van der Waals surface area contributed by atoms with E-state index in [0.717, 1.165) is 30.1 Å². The summed E-state index contributed by atoms with van der Waals surface area (Å²) in [7, 11) is 0. The number of imidazole rings is 1. The highest BCUT2D eigenvalue weighted by atomic mass is 16.5. The van der Waals surface area contributed by atoms with E-state index in [1.54, 1.807) is 6.20 Å². The van der Waals surface area contributed by atoms with Crippen molar-refractivity contribution in [1.82, 2.24) is 9.55 Å². The van der Waals surface area contributed by atoms with Crippen LogP contribution in [-0.4, -0.2) is 9.55 Å². The van der Waals surface area contributed by atoms with Crippen LogP contribution in [0.2, 0.25) is 0 Å². The van der Waals surface area contributed by atoms with Crippen LogP contribution in [0.5, 0.6) is 5.75 Å². The van der Waals surface area contributed by atoms with Gasteiger partial charge in [0.15, 0.2) is 0 Å². The summed E-state index contributed by atoms with van der Waals surface area (Å²) >= 11 is 0. The van der Waals surface area contributed by atoms with E-state index in [4.69, 9.17) is 10.5 Å². The predicted molar refractivity (Wildman–Crippen MR) is 75.9 cm³/mol. The fourth-order valence-corrected chi connectivity index (χ4v) is 1.96. The molecule has 0 unspecified atom stereocenters. The summed E-state index contributed by atoms with van der Waals surface area (Å²) in [5.74, 6) is 1.79. The molecule has 1 heterocycles. The number of ether oxygens (including phenoxy) is 1. The van der Waals surface area contributed by atoms with Crippen LogP contribution in [0.3, 0.4) is 0 Å². The van der Waals surface area contributed by atoms with Crippen LogP contribution < -0.4 is 10.5 Å². The molecule has 0 radical (unpaired) electrons. The third-order valence-electron chi connectivity index (χ3n) is 3.26. The molecular weight excluding hydrogens is 238 g/mol. The van der Waals surface area contributed by atoms with Crippen molar-refractivity contribution in [3.8, 4) is 5.75 Å². The van der Waals surface area contributed by atoms with Crippen molar-refractivity contribution in [2.45, 2.75) is 39.5 Å². The lowest BCUT2D eigenvalue weighted by Crippen LogP contribution is -2.08. The molecule has 1 aromatic heterocycles. The maximum atomic E-state index is 5.98. The normalized spacial score (nSPS) is 12.4. The average molecular weight is 259 g/mol. The summed E-state index contributed by atoms with van der Waals surface area (Å²) in [5.41, 5.74) is 7.12. The third-order valence-corrected chi connectivity index (χ3v) is 3.26. The van der Waals surface area contributed by atoms with Gasteiger partial charge in [-0.3, -0.25) is 0 Å². The molecule has 2 N–H and O–H groups in total. The van der Waals surface area contributed by atoms with Crippen molar-refractivity contribution in [3.63, 3.8) is 0 Å². The molecule has 0 spiro atoms. The molecule has 0 aliphatic rings. The molecule has 4 heteroatoms. The first-order chi connectivity index (χ1) is 9.24. The molecule has 0 aliphatic carbocycles. The smallest absolute Gasteiger partial charge is 0.146 e. The minimum Gasteiger partial charge on any atom is -0.486 e. The Morgan fingerprint density at radius 1 is 1.26 bits per heavy atom. The van der Waals surface area contributed by atoms with Crippen molar-refractivity contribution in [3.05, 3.63) is 48.0 Å². The van der Waals surface area contributed by atoms with Crippen LogP contribution in [-0.2, 0) is 13.2 Å². The molecule has 1 atom stereocenters. The Morgan fingerprint density at radius 3 is 2.63 bits per heavy atom. The molecular formula is C15H21N3O. The fraction of sp³-hybridized carbons (Fsp3) is 0.400. The summed E-state index contributed by atoms with van der Waals surface area (Å²) in [4.78, 5) is 4.28. The van der Waals surface area contributed by atoms with Gasteiger partial charge in [0.2, 0.25) is 0 Å². The molecule has 0 amide bonds. The Kier molecular flexibility index (Phi) is 4.58. The number of aromatic nitrogens is 2. The zero-order chi connectivity index (χ0) is 13.7. The Balaban J connectivity index is 1.96. The number of hydrogen-bond donors (Lipinski definition) is 1. The number of hydrogen-bond acceptors (Lipinski definition) is 3. The van der Waals surface area contributed by atoms with Gasteiger partial charge in [-0.2, -0.15) is 0 Å². The van der Waals surface area contributed by atoms with Crippen LogP contribution in [0.25, 0.3) is 0 Å². The molecule has 0 bridgehead atoms. The van der Waals surface area contributed by atoms with Gasteiger partial charge in [-0.1, -0.05) is 19.1 Å². The number of benzene rings is 1. The first-order valence-corrected chi connectivity index (χ1v) is 6.73. The van der Waals surface area contributed by atoms with E-state index in [0.29, 0.717) is 6.61 Å². The number of nitrogens with zero attached hydrogens (tertiary/aromatic N) is 2. The molecule has 1 aromatic carbocycles. The van der Waals surface area contributed by atoms with E-state index in [1.807, 2.05) is 30.5 Å². The lowest BCUT2D eigenvalue weighted by molar-refractivity contribution is 0.290. The first kappa shape index (κ1) is 13.6. The van der Waals surface area contributed by atoms with Crippen LogP contribution in [0, 0.1) is 0 Å². The lowest BCUT2D eigenvalue weighted by Gasteiger charge is -2.11. The second-order valence-electron chi connectivity index (χ2n) is 4.50. The van der Waals surface area contributed by atoms with Gasteiger partial charge in [-0.15, -0.1) is 0 Å². The van der Waals surface area contributed by atoms with E-state index in [2.05, 4.69) is 23.4 Å². The molecule has 4 nitrogen and oxygen atoms in total. The second-order valence-corrected chi connectivity index (χ2v) is 4.50. The van der Waals surface area contributed by atoms with Crippen LogP contribution >= 0.6 is 0 Å². The monoisotopic (exact) mass is 259 g/mol. The molecule has 2 rings (SSSR count). The third kappa shape index (κ3) is 3.35. The summed E-state index contributed by atoms with van der Waals surface area (Å²) in [5, 5.41) is 0. The zero-order valence-electron chi connectivity index (χ0n) is 11.5. The highest BCUT2D eigenvalue weighted by molar-refractivity contribution is 5.29. The van der Waals surface area contributed by atoms with Gasteiger partial charge in [0.25, 0.3) is 0 Å². The second kappa shape index (κ2) is 6.38. The molecule has 2 aromatic rings. The summed E-state index contributed by atoms with van der Waals surface area (Å²) in [6.45, 7) is 5.56. The van der Waals surface area contributed by atoms with Gasteiger partial charge in [0, 0.05) is 25.0 Å². The maximum Gasteiger partial charge on any atom is 0.146 e. The summed E-state index contributed by atoms with van der Waals surface area (Å²) < 4.78 is 7.81. The number of aryl methyl sites for hydroxylation is 1. The quantitative estimate of drug-likeness (QED) is 0.867. The largest absolute Gasteiger partial charge is 0.486 e. The predicted octanol–water partition coefficient (Wildman–Crippen LogP) is 2.89. The number of nitrogens with two attached hydrogens (primary N) is 1. The zero-order valence-corrected chi connectivity index (χ0v) is 11.5. The first-order valence-electron chi connectivity index (χ1n) is 6.73. The van der Waals surface area contributed by atoms with Crippen molar-refractivity contribution in [1.29, 1.82) is 0 Å². The Hall–Kier alpha value is -1.81. The van der Waals surface area contributed by atoms with Crippen LogP contribution in [0.1, 0.15) is 37.7 Å². The van der Waals surface area contributed by atoms with E-state index in [9.17, 15) is 0 Å². The van der Waals surface area contributed by atoms with Gasteiger partial charge < -0.3 is 15.0 Å². The maximum absolute atomic E-state index is 5.98. The SMILES string of the molecule is CC[C@@H](N)c1ccc(OCc2nccn2CC)cc1. The van der Waals surface area contributed by atoms with E-state index < -0.39 is 0 Å². The van der Waals surface area contributed by atoms with Crippen molar-refractivity contribution in [2.75, 3.05) is 0 Å². The Labute approximate surface area is 114 Å². The fourth-order valence-electron chi connectivity index (χ4n) is 1.96. The van der Waals surface area contributed by atoms with E-state index in [-0.39, 0.29) is 6.04 Å². The van der Waals surface area contributed by atoms with Gasteiger partial charge in [-0.05, 0) is 31.0 Å². The van der Waals surface area contributed by atoms with Crippen molar-refractivity contribution < 1.29 is 4.74 Å². The molecule has 19 heavy (non-hydrogen) atoms. The summed E-state index contributed by atoms with van der Waals surface area (Å²) in [6, 6.07) is 8.08. The molecule has 0 fully saturated rings. The highest BCUT2D eigenvalue weighted by Crippen LogP contribution is 2.18. The van der Waals surface area contributed by atoms with E-state index >= 15 is 0 Å². The van der Waals surface area contributed by atoms with Gasteiger partial charge in [0.1, 0.15) is 18.2 Å². The van der Waals surface area contributed by atoms with Gasteiger partial charge >= 0.3 is 0 Å². The molecule has 102 valence electrons.